The summed E-state index contributed by atoms with van der Waals surface area (Å²) < 4.78 is 10.5. The summed E-state index contributed by atoms with van der Waals surface area (Å²) in [5.74, 6) is 0.732. The van der Waals surface area contributed by atoms with Crippen LogP contribution in [-0.4, -0.2) is 17.5 Å². The Morgan fingerprint density at radius 1 is 1.23 bits per heavy atom. The number of benzene rings is 2. The molecule has 0 saturated heterocycles. The second kappa shape index (κ2) is 6.30. The van der Waals surface area contributed by atoms with Crippen molar-refractivity contribution in [3.63, 3.8) is 0 Å². The average Bonchev–Trinajstić information content (AvgIpc) is 2.97. The Morgan fingerprint density at radius 2 is 2.05 bits per heavy atom. The van der Waals surface area contributed by atoms with E-state index in [0.29, 0.717) is 24.3 Å². The summed E-state index contributed by atoms with van der Waals surface area (Å²) in [5.41, 5.74) is 3.06. The summed E-state index contributed by atoms with van der Waals surface area (Å²) in [5, 5.41) is 2.86. The Hall–Kier alpha value is -2.82. The lowest BCUT2D eigenvalue weighted by Crippen LogP contribution is -2.14. The smallest absolute Gasteiger partial charge is 0.228 e. The van der Waals surface area contributed by atoms with Gasteiger partial charge < -0.3 is 14.5 Å². The van der Waals surface area contributed by atoms with E-state index in [0.717, 1.165) is 16.8 Å². The molecule has 0 spiro atoms. The average molecular weight is 296 g/mol. The Morgan fingerprint density at radius 3 is 2.82 bits per heavy atom. The van der Waals surface area contributed by atoms with Gasteiger partial charge in [0.1, 0.15) is 11.3 Å². The van der Waals surface area contributed by atoms with Crippen LogP contribution in [0.4, 0.5) is 5.69 Å². The molecule has 0 atom stereocenters. The standard InChI is InChI=1S/C17H16N2O3/c1-2-21-14-6-3-12(4-7-14)9-17(20)19-13-5-8-16-15(10-13)18-11-22-16/h3-8,10-11H,2,9H2,1H3,(H,19,20). The molecule has 112 valence electrons. The van der Waals surface area contributed by atoms with Crippen LogP contribution in [0.15, 0.2) is 53.3 Å². The molecule has 0 aliphatic rings. The van der Waals surface area contributed by atoms with Gasteiger partial charge in [-0.25, -0.2) is 4.98 Å². The number of carbonyl (C=O) groups is 1. The van der Waals surface area contributed by atoms with Crippen molar-refractivity contribution in [3.8, 4) is 5.75 Å². The number of ether oxygens (including phenoxy) is 1. The van der Waals surface area contributed by atoms with Crippen LogP contribution < -0.4 is 10.1 Å². The fourth-order valence-corrected chi connectivity index (χ4v) is 2.20. The van der Waals surface area contributed by atoms with Gasteiger partial charge in [0.15, 0.2) is 12.0 Å². The lowest BCUT2D eigenvalue weighted by molar-refractivity contribution is -0.115. The number of amides is 1. The molecule has 2 aromatic carbocycles. The molecule has 1 heterocycles. The van der Waals surface area contributed by atoms with Crippen molar-refractivity contribution < 1.29 is 13.9 Å². The fraction of sp³-hybridized carbons (Fsp3) is 0.176. The van der Waals surface area contributed by atoms with Crippen LogP contribution in [0.2, 0.25) is 0 Å². The van der Waals surface area contributed by atoms with Crippen LogP contribution in [0.5, 0.6) is 5.75 Å². The second-order valence-electron chi connectivity index (χ2n) is 4.84. The van der Waals surface area contributed by atoms with Gasteiger partial charge in [-0.05, 0) is 42.8 Å². The molecular weight excluding hydrogens is 280 g/mol. The zero-order chi connectivity index (χ0) is 15.4. The third-order valence-electron chi connectivity index (χ3n) is 3.21. The van der Waals surface area contributed by atoms with E-state index < -0.39 is 0 Å². The maximum atomic E-state index is 12.1. The van der Waals surface area contributed by atoms with Gasteiger partial charge in [0, 0.05) is 5.69 Å². The van der Waals surface area contributed by atoms with Crippen molar-refractivity contribution in [1.29, 1.82) is 0 Å². The maximum absolute atomic E-state index is 12.1. The Bertz CT molecular complexity index is 778. The summed E-state index contributed by atoms with van der Waals surface area (Å²) in [6, 6.07) is 12.9. The number of aromatic nitrogens is 1. The van der Waals surface area contributed by atoms with E-state index in [2.05, 4.69) is 10.3 Å². The molecule has 1 N–H and O–H groups in total. The molecule has 0 unspecified atom stereocenters. The van der Waals surface area contributed by atoms with Crippen LogP contribution >= 0.6 is 0 Å². The van der Waals surface area contributed by atoms with Crippen molar-refractivity contribution in [2.45, 2.75) is 13.3 Å². The van der Waals surface area contributed by atoms with Crippen LogP contribution in [0.3, 0.4) is 0 Å². The molecule has 0 fully saturated rings. The normalized spacial score (nSPS) is 10.6. The molecule has 0 bridgehead atoms. The first-order valence-electron chi connectivity index (χ1n) is 7.09. The molecule has 22 heavy (non-hydrogen) atoms. The highest BCUT2D eigenvalue weighted by atomic mass is 16.5. The first-order valence-corrected chi connectivity index (χ1v) is 7.09. The van der Waals surface area contributed by atoms with Crippen LogP contribution in [0, 0.1) is 0 Å². The number of nitrogens with zero attached hydrogens (tertiary/aromatic N) is 1. The largest absolute Gasteiger partial charge is 0.494 e. The number of oxazole rings is 1. The first-order chi connectivity index (χ1) is 10.7. The number of hydrogen-bond acceptors (Lipinski definition) is 4. The summed E-state index contributed by atoms with van der Waals surface area (Å²) >= 11 is 0. The minimum absolute atomic E-state index is 0.0768. The molecule has 0 aliphatic heterocycles. The molecule has 0 saturated carbocycles. The van der Waals surface area contributed by atoms with Gasteiger partial charge in [-0.2, -0.15) is 0 Å². The van der Waals surface area contributed by atoms with Gasteiger partial charge in [-0.15, -0.1) is 0 Å². The zero-order valence-electron chi connectivity index (χ0n) is 12.2. The highest BCUT2D eigenvalue weighted by molar-refractivity contribution is 5.94. The van der Waals surface area contributed by atoms with Gasteiger partial charge in [0.05, 0.1) is 13.0 Å². The van der Waals surface area contributed by atoms with Crippen molar-refractivity contribution >= 4 is 22.7 Å². The minimum Gasteiger partial charge on any atom is -0.494 e. The monoisotopic (exact) mass is 296 g/mol. The number of fused-ring (bicyclic) bond motifs is 1. The summed E-state index contributed by atoms with van der Waals surface area (Å²) in [4.78, 5) is 16.1. The topological polar surface area (TPSA) is 64.4 Å². The molecular formula is C17H16N2O3. The number of anilines is 1. The van der Waals surface area contributed by atoms with Crippen LogP contribution in [-0.2, 0) is 11.2 Å². The molecule has 3 rings (SSSR count). The Labute approximate surface area is 127 Å². The Balaban J connectivity index is 1.63. The fourth-order valence-electron chi connectivity index (χ4n) is 2.20. The molecule has 1 amide bonds. The molecule has 0 radical (unpaired) electrons. The van der Waals surface area contributed by atoms with Gasteiger partial charge in [0.25, 0.3) is 0 Å². The maximum Gasteiger partial charge on any atom is 0.228 e. The van der Waals surface area contributed by atoms with E-state index in [1.54, 1.807) is 18.2 Å². The van der Waals surface area contributed by atoms with Crippen molar-refractivity contribution in [1.82, 2.24) is 4.98 Å². The Kier molecular flexibility index (Phi) is 4.05. The predicted molar refractivity (Wildman–Crippen MR) is 84.0 cm³/mol. The van der Waals surface area contributed by atoms with Gasteiger partial charge in [-0.1, -0.05) is 12.1 Å². The van der Waals surface area contributed by atoms with E-state index >= 15 is 0 Å². The molecule has 0 aliphatic carbocycles. The van der Waals surface area contributed by atoms with Gasteiger partial charge >= 0.3 is 0 Å². The number of hydrogen-bond donors (Lipinski definition) is 1. The third-order valence-corrected chi connectivity index (χ3v) is 3.21. The number of nitrogens with one attached hydrogen (secondary N) is 1. The van der Waals surface area contributed by atoms with E-state index in [1.807, 2.05) is 31.2 Å². The van der Waals surface area contributed by atoms with Crippen LogP contribution in [0.1, 0.15) is 12.5 Å². The molecule has 1 aromatic heterocycles. The minimum atomic E-state index is -0.0768. The van der Waals surface area contributed by atoms with Gasteiger partial charge in [0.2, 0.25) is 5.91 Å². The first kappa shape index (κ1) is 14.1. The zero-order valence-corrected chi connectivity index (χ0v) is 12.2. The number of carbonyl (C=O) groups excluding carboxylic acids is 1. The number of rotatable bonds is 5. The highest BCUT2D eigenvalue weighted by Gasteiger charge is 2.06. The lowest BCUT2D eigenvalue weighted by Gasteiger charge is -2.06. The highest BCUT2D eigenvalue weighted by Crippen LogP contribution is 2.18. The predicted octanol–water partition coefficient (Wildman–Crippen LogP) is 3.41. The quantitative estimate of drug-likeness (QED) is 0.783. The summed E-state index contributed by atoms with van der Waals surface area (Å²) in [6.07, 6.45) is 1.69. The molecule has 5 heteroatoms. The summed E-state index contributed by atoms with van der Waals surface area (Å²) in [7, 11) is 0. The van der Waals surface area contributed by atoms with Crippen molar-refractivity contribution in [2.24, 2.45) is 0 Å². The van der Waals surface area contributed by atoms with Gasteiger partial charge in [-0.3, -0.25) is 4.79 Å². The third kappa shape index (κ3) is 3.25. The van der Waals surface area contributed by atoms with Crippen LogP contribution in [0.25, 0.3) is 11.1 Å². The van der Waals surface area contributed by atoms with E-state index in [1.165, 1.54) is 6.39 Å². The van der Waals surface area contributed by atoms with Crippen molar-refractivity contribution in [2.75, 3.05) is 11.9 Å². The lowest BCUT2D eigenvalue weighted by atomic mass is 10.1. The SMILES string of the molecule is CCOc1ccc(CC(=O)Nc2ccc3ocnc3c2)cc1. The second-order valence-corrected chi connectivity index (χ2v) is 4.84. The molecule has 3 aromatic rings. The van der Waals surface area contributed by atoms with E-state index in [-0.39, 0.29) is 5.91 Å². The van der Waals surface area contributed by atoms with Crippen molar-refractivity contribution in [3.05, 3.63) is 54.4 Å². The molecule has 5 nitrogen and oxygen atoms in total. The van der Waals surface area contributed by atoms with E-state index in [4.69, 9.17) is 9.15 Å². The van der Waals surface area contributed by atoms with E-state index in [9.17, 15) is 4.79 Å². The summed E-state index contributed by atoms with van der Waals surface area (Å²) in [6.45, 7) is 2.57.